The van der Waals surface area contributed by atoms with Gasteiger partial charge >= 0.3 is 0 Å². The van der Waals surface area contributed by atoms with Crippen LogP contribution in [0, 0.1) is 0 Å². The monoisotopic (exact) mass is 807 g/mol. The molecule has 2 aromatic heterocycles. The first-order chi connectivity index (χ1) is 28.8. The van der Waals surface area contributed by atoms with Gasteiger partial charge in [-0.25, -0.2) is 9.97 Å². The molecular formula is C54H53N3S2. The molecule has 59 heavy (non-hydrogen) atoms. The Morgan fingerprint density at radius 1 is 0.492 bits per heavy atom. The molecule has 0 radical (unpaired) electrons. The number of unbranched alkanes of at least 4 members (excludes halogenated alkanes) is 2. The number of fused-ring (bicyclic) bond motifs is 8. The minimum Gasteiger partial charge on any atom is -0.318 e. The van der Waals surface area contributed by atoms with Crippen LogP contribution < -0.4 is 5.73 Å². The predicted octanol–water partition coefficient (Wildman–Crippen LogP) is 15.2. The standard InChI is InChI=1S/C54H53N3S2/c1-6-11-16-29-54(55,36-23-27-40-38-25-21-34(50-56-46-17-12-14-19-48(46)58-50)30-42(38)52(7-2,8-3)44(40)32-36)37-24-28-41-39-26-22-35(51-57-47-18-13-15-20-49(47)59-51)31-43(39)53(9-4,10-5)45(41)33-37/h12-15,17-28,30-33H,6-11,16,29,55H2,1-5H3. The molecule has 0 bridgehead atoms. The number of aromatic nitrogens is 2. The Hall–Kier alpha value is -4.94. The molecule has 2 aliphatic rings. The lowest BCUT2D eigenvalue weighted by atomic mass is 9.70. The number of nitrogens with zero attached hydrogens (tertiary/aromatic N) is 2. The maximum Gasteiger partial charge on any atom is 0.124 e. The summed E-state index contributed by atoms with van der Waals surface area (Å²) in [5, 5.41) is 2.18. The molecule has 296 valence electrons. The van der Waals surface area contributed by atoms with Crippen molar-refractivity contribution < 1.29 is 0 Å². The number of benzene rings is 6. The van der Waals surface area contributed by atoms with Gasteiger partial charge in [0.15, 0.2) is 0 Å². The second-order valence-corrected chi connectivity index (χ2v) is 19.1. The van der Waals surface area contributed by atoms with E-state index < -0.39 is 5.54 Å². The number of hydrogen-bond acceptors (Lipinski definition) is 5. The van der Waals surface area contributed by atoms with E-state index in [9.17, 15) is 0 Å². The molecule has 0 amide bonds. The van der Waals surface area contributed by atoms with E-state index in [1.165, 1.54) is 76.2 Å². The van der Waals surface area contributed by atoms with Crippen LogP contribution in [0.1, 0.15) is 119 Å². The molecule has 3 nitrogen and oxygen atoms in total. The molecule has 2 N–H and O–H groups in total. The maximum absolute atomic E-state index is 7.98. The van der Waals surface area contributed by atoms with Gasteiger partial charge in [-0.2, -0.15) is 0 Å². The first-order valence-corrected chi connectivity index (χ1v) is 23.5. The molecule has 10 rings (SSSR count). The lowest BCUT2D eigenvalue weighted by molar-refractivity contribution is 0.451. The lowest BCUT2D eigenvalue weighted by Crippen LogP contribution is -2.39. The fraction of sp³-hybridized carbons (Fsp3) is 0.296. The van der Waals surface area contributed by atoms with Crippen LogP contribution in [0.5, 0.6) is 0 Å². The number of nitrogens with two attached hydrogens (primary N) is 1. The van der Waals surface area contributed by atoms with Crippen molar-refractivity contribution in [3.05, 3.63) is 155 Å². The zero-order valence-electron chi connectivity index (χ0n) is 35.0. The highest BCUT2D eigenvalue weighted by molar-refractivity contribution is 7.22. The zero-order chi connectivity index (χ0) is 40.5. The van der Waals surface area contributed by atoms with Crippen molar-refractivity contribution >= 4 is 43.1 Å². The molecule has 2 aliphatic carbocycles. The summed E-state index contributed by atoms with van der Waals surface area (Å²) in [6.07, 6.45) is 8.40. The number of thiazole rings is 2. The van der Waals surface area contributed by atoms with Gasteiger partial charge in [0.05, 0.1) is 26.0 Å². The highest BCUT2D eigenvalue weighted by atomic mass is 32.1. The Morgan fingerprint density at radius 3 is 1.31 bits per heavy atom. The molecule has 2 heterocycles. The van der Waals surface area contributed by atoms with Gasteiger partial charge in [0.25, 0.3) is 0 Å². The summed E-state index contributed by atoms with van der Waals surface area (Å²) in [4.78, 5) is 10.1. The van der Waals surface area contributed by atoms with E-state index in [4.69, 9.17) is 15.7 Å². The summed E-state index contributed by atoms with van der Waals surface area (Å²) in [7, 11) is 0. The van der Waals surface area contributed by atoms with Gasteiger partial charge in [0, 0.05) is 22.0 Å². The number of hydrogen-bond donors (Lipinski definition) is 1. The van der Waals surface area contributed by atoms with Gasteiger partial charge in [-0.15, -0.1) is 22.7 Å². The third-order valence-corrected chi connectivity index (χ3v) is 16.6. The van der Waals surface area contributed by atoms with Crippen LogP contribution in [-0.4, -0.2) is 9.97 Å². The molecule has 0 saturated carbocycles. The average molecular weight is 808 g/mol. The molecule has 0 unspecified atom stereocenters. The molecule has 0 spiro atoms. The Kier molecular flexibility index (Phi) is 9.51. The van der Waals surface area contributed by atoms with Crippen molar-refractivity contribution in [3.8, 4) is 43.4 Å². The summed E-state index contributed by atoms with van der Waals surface area (Å²) < 4.78 is 2.46. The van der Waals surface area contributed by atoms with Crippen LogP contribution in [0.2, 0.25) is 0 Å². The van der Waals surface area contributed by atoms with Gasteiger partial charge in [-0.1, -0.05) is 139 Å². The van der Waals surface area contributed by atoms with Crippen LogP contribution >= 0.6 is 22.7 Å². The fourth-order valence-electron chi connectivity index (χ4n) is 10.9. The molecular weight excluding hydrogens is 755 g/mol. The van der Waals surface area contributed by atoms with Gasteiger partial charge in [-0.3, -0.25) is 0 Å². The normalized spacial score (nSPS) is 14.7. The minimum atomic E-state index is -0.637. The predicted molar refractivity (Wildman–Crippen MR) is 253 cm³/mol. The summed E-state index contributed by atoms with van der Waals surface area (Å²) in [5.41, 5.74) is 25.3. The first-order valence-electron chi connectivity index (χ1n) is 21.9. The van der Waals surface area contributed by atoms with E-state index in [-0.39, 0.29) is 10.8 Å². The summed E-state index contributed by atoms with van der Waals surface area (Å²) in [5.74, 6) is 0. The molecule has 0 saturated heterocycles. The number of para-hydroxylation sites is 2. The summed E-state index contributed by atoms with van der Waals surface area (Å²) in [6.45, 7) is 11.8. The van der Waals surface area contributed by atoms with Crippen molar-refractivity contribution in [2.24, 2.45) is 5.73 Å². The maximum atomic E-state index is 7.98. The highest BCUT2D eigenvalue weighted by Gasteiger charge is 2.44. The largest absolute Gasteiger partial charge is 0.318 e. The van der Waals surface area contributed by atoms with Crippen molar-refractivity contribution in [1.29, 1.82) is 0 Å². The molecule has 6 aromatic carbocycles. The number of rotatable bonds is 12. The summed E-state index contributed by atoms with van der Waals surface area (Å²) in [6, 6.07) is 45.7. The van der Waals surface area contributed by atoms with Crippen LogP contribution in [0.3, 0.4) is 0 Å². The SMILES string of the molecule is CCCCCC(N)(c1ccc2c(c1)C(CC)(CC)c1cc(-c3nc4ccccc4s3)ccc1-2)c1ccc2c(c1)C(CC)(CC)c1cc(-c3nc4ccccc4s3)ccc1-2. The Labute approximate surface area is 357 Å². The van der Waals surface area contributed by atoms with Crippen LogP contribution in [0.15, 0.2) is 121 Å². The Morgan fingerprint density at radius 2 is 0.898 bits per heavy atom. The molecule has 5 heteroatoms. The smallest absolute Gasteiger partial charge is 0.124 e. The van der Waals surface area contributed by atoms with Crippen molar-refractivity contribution in [2.45, 2.75) is 102 Å². The quantitative estimate of drug-likeness (QED) is 0.125. The third kappa shape index (κ3) is 5.75. The van der Waals surface area contributed by atoms with E-state index in [2.05, 4.69) is 156 Å². The zero-order valence-corrected chi connectivity index (χ0v) is 36.6. The van der Waals surface area contributed by atoms with Crippen LogP contribution in [0.25, 0.3) is 63.8 Å². The van der Waals surface area contributed by atoms with E-state index in [0.29, 0.717) is 0 Å². The molecule has 0 fully saturated rings. The second-order valence-electron chi connectivity index (χ2n) is 17.0. The molecule has 0 aliphatic heterocycles. The van der Waals surface area contributed by atoms with Crippen LogP contribution in [-0.2, 0) is 16.4 Å². The summed E-state index contributed by atoms with van der Waals surface area (Å²) >= 11 is 3.57. The topological polar surface area (TPSA) is 51.8 Å². The van der Waals surface area contributed by atoms with Crippen molar-refractivity contribution in [3.63, 3.8) is 0 Å². The van der Waals surface area contributed by atoms with E-state index >= 15 is 0 Å². The van der Waals surface area contributed by atoms with E-state index in [1.807, 2.05) is 0 Å². The van der Waals surface area contributed by atoms with Gasteiger partial charge in [0.1, 0.15) is 10.0 Å². The van der Waals surface area contributed by atoms with Crippen LogP contribution in [0.4, 0.5) is 0 Å². The van der Waals surface area contributed by atoms with Gasteiger partial charge in [0.2, 0.25) is 0 Å². The Balaban J connectivity index is 1.07. The first kappa shape index (κ1) is 38.3. The van der Waals surface area contributed by atoms with Gasteiger partial charge in [-0.05, 0) is 124 Å². The van der Waals surface area contributed by atoms with E-state index in [1.54, 1.807) is 22.7 Å². The Bertz CT molecular complexity index is 2630. The highest BCUT2D eigenvalue weighted by Crippen LogP contribution is 2.57. The second kappa shape index (κ2) is 14.7. The minimum absolute atomic E-state index is 0.0994. The lowest BCUT2D eigenvalue weighted by Gasteiger charge is -2.36. The third-order valence-electron chi connectivity index (χ3n) is 14.4. The van der Waals surface area contributed by atoms with E-state index in [0.717, 1.165) is 72.4 Å². The van der Waals surface area contributed by atoms with Crippen molar-refractivity contribution in [1.82, 2.24) is 9.97 Å². The van der Waals surface area contributed by atoms with Crippen molar-refractivity contribution in [2.75, 3.05) is 0 Å². The molecule has 8 aromatic rings. The molecule has 0 atom stereocenters. The fourth-order valence-corrected chi connectivity index (χ4v) is 12.9. The van der Waals surface area contributed by atoms with Gasteiger partial charge < -0.3 is 5.73 Å². The average Bonchev–Trinajstić information content (AvgIpc) is 4.05.